The van der Waals surface area contributed by atoms with Crippen molar-refractivity contribution in [2.75, 3.05) is 45.9 Å². The Morgan fingerprint density at radius 3 is 2.95 bits per heavy atom. The molecule has 3 fully saturated rings. The van der Waals surface area contributed by atoms with Crippen LogP contribution in [-0.4, -0.2) is 56.6 Å². The lowest BCUT2D eigenvalue weighted by Crippen LogP contribution is -2.60. The summed E-state index contributed by atoms with van der Waals surface area (Å²) in [6.45, 7) is 6.88. The number of allylic oxidation sites excluding steroid dienone is 2. The van der Waals surface area contributed by atoms with Crippen LogP contribution in [0.15, 0.2) is 23.8 Å². The maximum Gasteiger partial charge on any atom is 0.177 e. The molecule has 1 atom stereocenters. The number of hydrogen-bond acceptors (Lipinski definition) is 4. The number of likely N-dealkylation sites (tertiary alicyclic amines) is 1. The first-order chi connectivity index (χ1) is 10.3. The van der Waals surface area contributed by atoms with Crippen molar-refractivity contribution < 1.29 is 10.9 Å². The van der Waals surface area contributed by atoms with Crippen LogP contribution in [0.5, 0.6) is 0 Å². The zero-order valence-electron chi connectivity index (χ0n) is 12.8. The standard InChI is InChI=1S/C17H26N2O2.H2/c1-2-4-15(5-3-1)12-19-9-7-16(14-19)13-18-8-6-17(16)20-10-11-21-17;/h2,4-5,18H,1,3,6-14H2;1H. The minimum atomic E-state index is -0.316. The summed E-state index contributed by atoms with van der Waals surface area (Å²) in [5.41, 5.74) is 1.62. The normalized spacial score (nSPS) is 35.7. The van der Waals surface area contributed by atoms with Gasteiger partial charge in [0.05, 0.1) is 18.6 Å². The highest BCUT2D eigenvalue weighted by Gasteiger charge is 2.59. The Kier molecular flexibility index (Phi) is 3.66. The van der Waals surface area contributed by atoms with Gasteiger partial charge in [0.2, 0.25) is 0 Å². The summed E-state index contributed by atoms with van der Waals surface area (Å²) < 4.78 is 12.3. The molecule has 21 heavy (non-hydrogen) atoms. The van der Waals surface area contributed by atoms with Gasteiger partial charge >= 0.3 is 0 Å². The molecule has 3 saturated heterocycles. The molecular weight excluding hydrogens is 264 g/mol. The van der Waals surface area contributed by atoms with Gasteiger partial charge in [0.1, 0.15) is 0 Å². The molecule has 0 amide bonds. The number of nitrogens with zero attached hydrogens (tertiary/aromatic N) is 1. The van der Waals surface area contributed by atoms with E-state index in [0.717, 1.165) is 52.4 Å². The van der Waals surface area contributed by atoms with E-state index in [4.69, 9.17) is 9.47 Å². The van der Waals surface area contributed by atoms with Crippen LogP contribution in [0.2, 0.25) is 0 Å². The van der Waals surface area contributed by atoms with Crippen LogP contribution in [0.1, 0.15) is 27.1 Å². The van der Waals surface area contributed by atoms with Gasteiger partial charge in [-0.2, -0.15) is 0 Å². The van der Waals surface area contributed by atoms with Gasteiger partial charge in [-0.3, -0.25) is 4.90 Å². The third-order valence-corrected chi connectivity index (χ3v) is 5.57. The van der Waals surface area contributed by atoms with E-state index in [1.165, 1.54) is 24.8 Å². The number of nitrogens with one attached hydrogen (secondary N) is 1. The Morgan fingerprint density at radius 2 is 2.14 bits per heavy atom. The molecule has 1 aliphatic carbocycles. The largest absolute Gasteiger partial charge is 0.347 e. The predicted octanol–water partition coefficient (Wildman–Crippen LogP) is 1.94. The average molecular weight is 292 g/mol. The lowest BCUT2D eigenvalue weighted by Gasteiger charge is -2.48. The lowest BCUT2D eigenvalue weighted by molar-refractivity contribution is -0.246. The molecule has 0 saturated carbocycles. The van der Waals surface area contributed by atoms with Crippen LogP contribution in [0.3, 0.4) is 0 Å². The molecule has 3 heterocycles. The molecule has 1 unspecified atom stereocenters. The molecule has 4 heteroatoms. The fourth-order valence-corrected chi connectivity index (χ4v) is 4.48. The zero-order valence-corrected chi connectivity index (χ0v) is 12.8. The third-order valence-electron chi connectivity index (χ3n) is 5.57. The molecule has 0 bridgehead atoms. The summed E-state index contributed by atoms with van der Waals surface area (Å²) >= 11 is 0. The van der Waals surface area contributed by atoms with Crippen LogP contribution in [0, 0.1) is 5.41 Å². The summed E-state index contributed by atoms with van der Waals surface area (Å²) in [5.74, 6) is -0.316. The van der Waals surface area contributed by atoms with Crippen molar-refractivity contribution in [1.29, 1.82) is 0 Å². The number of hydrogen-bond donors (Lipinski definition) is 1. The Labute approximate surface area is 128 Å². The highest BCUT2D eigenvalue weighted by molar-refractivity contribution is 5.24. The van der Waals surface area contributed by atoms with Gasteiger partial charge in [0.15, 0.2) is 5.79 Å². The van der Waals surface area contributed by atoms with E-state index in [-0.39, 0.29) is 12.6 Å². The van der Waals surface area contributed by atoms with Crippen LogP contribution in [0.25, 0.3) is 0 Å². The molecule has 4 nitrogen and oxygen atoms in total. The number of fused-ring (bicyclic) bond motifs is 1. The number of piperidine rings is 1. The third kappa shape index (κ3) is 2.38. The monoisotopic (exact) mass is 292 g/mol. The molecule has 4 aliphatic rings. The van der Waals surface area contributed by atoms with Crippen molar-refractivity contribution in [2.45, 2.75) is 31.5 Å². The summed E-state index contributed by atoms with van der Waals surface area (Å²) in [4.78, 5) is 2.58. The van der Waals surface area contributed by atoms with Crippen molar-refractivity contribution in [1.82, 2.24) is 10.2 Å². The van der Waals surface area contributed by atoms with Crippen molar-refractivity contribution in [3.63, 3.8) is 0 Å². The number of rotatable bonds is 2. The summed E-state index contributed by atoms with van der Waals surface area (Å²) in [7, 11) is 0. The van der Waals surface area contributed by atoms with Crippen molar-refractivity contribution in [3.8, 4) is 0 Å². The van der Waals surface area contributed by atoms with E-state index in [1.54, 1.807) is 0 Å². The van der Waals surface area contributed by atoms with E-state index >= 15 is 0 Å². The van der Waals surface area contributed by atoms with E-state index in [9.17, 15) is 0 Å². The lowest BCUT2D eigenvalue weighted by atomic mass is 9.74. The van der Waals surface area contributed by atoms with Crippen molar-refractivity contribution in [2.24, 2.45) is 5.41 Å². The highest BCUT2D eigenvalue weighted by Crippen LogP contribution is 2.48. The summed E-state index contributed by atoms with van der Waals surface area (Å²) in [6, 6.07) is 0. The minimum Gasteiger partial charge on any atom is -0.347 e. The second-order valence-electron chi connectivity index (χ2n) is 6.88. The van der Waals surface area contributed by atoms with E-state index in [1.807, 2.05) is 0 Å². The molecular formula is C17H28N2O2. The van der Waals surface area contributed by atoms with Crippen LogP contribution >= 0.6 is 0 Å². The molecule has 0 aromatic rings. The molecule has 4 rings (SSSR count). The Bertz CT molecular complexity index is 460. The maximum atomic E-state index is 6.14. The van der Waals surface area contributed by atoms with E-state index < -0.39 is 0 Å². The molecule has 0 radical (unpaired) electrons. The average Bonchev–Trinajstić information content (AvgIpc) is 3.13. The van der Waals surface area contributed by atoms with Gasteiger partial charge in [-0.1, -0.05) is 18.2 Å². The fourth-order valence-electron chi connectivity index (χ4n) is 4.48. The maximum absolute atomic E-state index is 6.14. The molecule has 2 spiro atoms. The van der Waals surface area contributed by atoms with Gasteiger partial charge in [-0.25, -0.2) is 0 Å². The predicted molar refractivity (Wildman–Crippen MR) is 84.2 cm³/mol. The summed E-state index contributed by atoms with van der Waals surface area (Å²) in [5, 5.41) is 3.58. The van der Waals surface area contributed by atoms with Crippen LogP contribution in [-0.2, 0) is 9.47 Å². The SMILES string of the molecule is C1=CC(CN2CCC3(CNCCC34OCCO4)C2)=CCC1.[HH]. The van der Waals surface area contributed by atoms with Gasteiger partial charge < -0.3 is 14.8 Å². The molecule has 3 aliphatic heterocycles. The second-order valence-corrected chi connectivity index (χ2v) is 6.88. The molecule has 0 aromatic carbocycles. The minimum absolute atomic E-state index is 0. The molecule has 118 valence electrons. The highest BCUT2D eigenvalue weighted by atomic mass is 16.7. The first-order valence-corrected chi connectivity index (χ1v) is 8.39. The van der Waals surface area contributed by atoms with Crippen LogP contribution < -0.4 is 5.32 Å². The smallest absolute Gasteiger partial charge is 0.177 e. The first kappa shape index (κ1) is 13.9. The Hall–Kier alpha value is -0.680. The van der Waals surface area contributed by atoms with Crippen LogP contribution in [0.4, 0.5) is 0 Å². The van der Waals surface area contributed by atoms with Crippen molar-refractivity contribution in [3.05, 3.63) is 23.8 Å². The van der Waals surface area contributed by atoms with E-state index in [0.29, 0.717) is 0 Å². The Balaban J connectivity index is 0.00000144. The van der Waals surface area contributed by atoms with Gasteiger partial charge in [-0.15, -0.1) is 0 Å². The topological polar surface area (TPSA) is 33.7 Å². The number of ether oxygens (including phenoxy) is 2. The summed E-state index contributed by atoms with van der Waals surface area (Å²) in [6.07, 6.45) is 11.5. The fraction of sp³-hybridized carbons (Fsp3) is 0.765. The van der Waals surface area contributed by atoms with Gasteiger partial charge in [0, 0.05) is 34.0 Å². The zero-order chi connectivity index (χ0) is 14.2. The second kappa shape index (κ2) is 5.51. The quantitative estimate of drug-likeness (QED) is 0.843. The van der Waals surface area contributed by atoms with Gasteiger partial charge in [0.25, 0.3) is 0 Å². The Morgan fingerprint density at radius 1 is 1.24 bits per heavy atom. The first-order valence-electron chi connectivity index (χ1n) is 8.39. The van der Waals surface area contributed by atoms with Crippen molar-refractivity contribution >= 4 is 0 Å². The molecule has 1 N–H and O–H groups in total. The molecule has 0 aromatic heterocycles. The van der Waals surface area contributed by atoms with E-state index in [2.05, 4.69) is 28.4 Å². The van der Waals surface area contributed by atoms with Gasteiger partial charge in [-0.05, 0) is 31.4 Å².